The largest absolute Gasteiger partial charge is 0.444 e. The first-order valence-corrected chi connectivity index (χ1v) is 15.8. The molecule has 0 radical (unpaired) electrons. The van der Waals surface area contributed by atoms with Crippen molar-refractivity contribution in [2.75, 3.05) is 0 Å². The van der Waals surface area contributed by atoms with Crippen LogP contribution in [0.1, 0.15) is 110 Å². The molecule has 4 amide bonds. The molecular weight excluding hydrogens is 568 g/mol. The lowest BCUT2D eigenvalue weighted by Crippen LogP contribution is -2.61. The van der Waals surface area contributed by atoms with Crippen LogP contribution in [0.15, 0.2) is 0 Å². The third-order valence-electron chi connectivity index (χ3n) is 6.52. The Morgan fingerprint density at radius 2 is 0.818 bits per heavy atom. The Kier molecular flexibility index (Phi) is 16.7. The van der Waals surface area contributed by atoms with Crippen LogP contribution < -0.4 is 21.3 Å². The summed E-state index contributed by atoms with van der Waals surface area (Å²) in [6, 6.07) is -3.71. The number of carbonyl (C=O) groups excluding carboxylic acids is 4. The molecular formula is C32H62N4O8. The number of alkyl carbamates (subject to hydrolysis) is 2. The van der Waals surface area contributed by atoms with Crippen LogP contribution in [0, 0.1) is 23.7 Å². The van der Waals surface area contributed by atoms with Crippen LogP contribution in [-0.2, 0) is 19.1 Å². The van der Waals surface area contributed by atoms with Crippen LogP contribution in [0.2, 0.25) is 0 Å². The minimum atomic E-state index is -1.46. The van der Waals surface area contributed by atoms with Gasteiger partial charge in [-0.25, -0.2) is 9.59 Å². The number of carbonyl (C=O) groups is 4. The summed E-state index contributed by atoms with van der Waals surface area (Å²) in [6.45, 7) is 25.1. The van der Waals surface area contributed by atoms with Crippen LogP contribution in [0.5, 0.6) is 0 Å². The second kappa shape index (κ2) is 17.8. The maximum Gasteiger partial charge on any atom is 0.408 e. The molecule has 12 heteroatoms. The molecule has 0 unspecified atom stereocenters. The molecule has 0 fully saturated rings. The molecule has 0 aromatic heterocycles. The first-order valence-electron chi connectivity index (χ1n) is 15.8. The molecule has 6 N–H and O–H groups in total. The van der Waals surface area contributed by atoms with Gasteiger partial charge in [0.25, 0.3) is 0 Å². The first-order chi connectivity index (χ1) is 19.8. The molecule has 0 spiro atoms. The lowest BCUT2D eigenvalue weighted by atomic mass is 9.88. The third-order valence-corrected chi connectivity index (χ3v) is 6.52. The highest BCUT2D eigenvalue weighted by Crippen LogP contribution is 2.19. The zero-order valence-corrected chi connectivity index (χ0v) is 29.5. The van der Waals surface area contributed by atoms with Gasteiger partial charge in [0.2, 0.25) is 11.8 Å². The predicted octanol–water partition coefficient (Wildman–Crippen LogP) is 3.87. The second-order valence-electron chi connectivity index (χ2n) is 15.2. The van der Waals surface area contributed by atoms with Gasteiger partial charge in [-0.15, -0.1) is 0 Å². The summed E-state index contributed by atoms with van der Waals surface area (Å²) in [4.78, 5) is 51.7. The van der Waals surface area contributed by atoms with E-state index in [9.17, 15) is 29.4 Å². The molecule has 0 rings (SSSR count). The van der Waals surface area contributed by atoms with E-state index in [0.717, 1.165) is 0 Å². The van der Waals surface area contributed by atoms with Gasteiger partial charge in [0, 0.05) is 0 Å². The van der Waals surface area contributed by atoms with Gasteiger partial charge in [0.1, 0.15) is 35.5 Å². The van der Waals surface area contributed by atoms with Crippen LogP contribution in [-0.4, -0.2) is 81.8 Å². The number of aliphatic hydroxyl groups excluding tert-OH is 2. The smallest absolute Gasteiger partial charge is 0.408 e. The van der Waals surface area contributed by atoms with Crippen LogP contribution in [0.25, 0.3) is 0 Å². The third kappa shape index (κ3) is 16.5. The molecule has 0 saturated carbocycles. The molecule has 0 bridgehead atoms. The lowest BCUT2D eigenvalue weighted by molar-refractivity contribution is -0.129. The van der Waals surface area contributed by atoms with Crippen molar-refractivity contribution in [2.45, 2.75) is 157 Å². The van der Waals surface area contributed by atoms with E-state index < -0.39 is 71.6 Å². The van der Waals surface area contributed by atoms with E-state index in [1.807, 2.05) is 27.7 Å². The Hall–Kier alpha value is -2.60. The average molecular weight is 631 g/mol. The van der Waals surface area contributed by atoms with Crippen molar-refractivity contribution >= 4 is 24.0 Å². The molecule has 0 aromatic carbocycles. The van der Waals surface area contributed by atoms with Gasteiger partial charge >= 0.3 is 12.2 Å². The summed E-state index contributed by atoms with van der Waals surface area (Å²) in [5, 5.41) is 33.7. The summed E-state index contributed by atoms with van der Waals surface area (Å²) in [5.74, 6) is -1.62. The maximum atomic E-state index is 13.4. The standard InChI is InChI=1S/C32H62N4O8/c1-17(2)15-21(33-27(39)23(19(5)6)35-29(41)43-31(9,10)11)25(37)26(38)22(16-18(3)4)34-28(40)24(20(7)8)36-30(42)44-32(12,13)14/h17-26,37-38H,15-16H2,1-14H3,(H,33,39)(H,34,40)(H,35,41)(H,36,42)/t21-,22+,23-,24-,25+,26-/m0/s1. The van der Waals surface area contributed by atoms with Crippen molar-refractivity contribution in [3.8, 4) is 0 Å². The Morgan fingerprint density at radius 3 is 1.02 bits per heavy atom. The topological polar surface area (TPSA) is 175 Å². The Labute approximate surface area is 265 Å². The summed E-state index contributed by atoms with van der Waals surface area (Å²) in [6.07, 6.45) is -3.78. The highest BCUT2D eigenvalue weighted by atomic mass is 16.6. The Bertz CT molecular complexity index is 850. The van der Waals surface area contributed by atoms with Gasteiger partial charge in [0.05, 0.1) is 12.1 Å². The fourth-order valence-electron chi connectivity index (χ4n) is 4.54. The van der Waals surface area contributed by atoms with Crippen molar-refractivity contribution in [1.29, 1.82) is 0 Å². The van der Waals surface area contributed by atoms with Crippen LogP contribution in [0.3, 0.4) is 0 Å². The molecule has 0 aromatic rings. The highest BCUT2D eigenvalue weighted by Gasteiger charge is 2.38. The fourth-order valence-corrected chi connectivity index (χ4v) is 4.54. The summed E-state index contributed by atoms with van der Waals surface area (Å²) >= 11 is 0. The average Bonchev–Trinajstić information content (AvgIpc) is 2.80. The number of rotatable bonds is 15. The van der Waals surface area contributed by atoms with E-state index in [2.05, 4.69) is 21.3 Å². The highest BCUT2D eigenvalue weighted by molar-refractivity contribution is 5.87. The second-order valence-corrected chi connectivity index (χ2v) is 15.2. The minimum absolute atomic E-state index is 0.0277. The van der Waals surface area contributed by atoms with Crippen molar-refractivity contribution in [2.24, 2.45) is 23.7 Å². The van der Waals surface area contributed by atoms with Crippen LogP contribution in [0.4, 0.5) is 9.59 Å². The lowest BCUT2D eigenvalue weighted by Gasteiger charge is -2.36. The van der Waals surface area contributed by atoms with E-state index in [1.54, 1.807) is 69.2 Å². The van der Waals surface area contributed by atoms with Crippen molar-refractivity contribution in [1.82, 2.24) is 21.3 Å². The van der Waals surface area contributed by atoms with Gasteiger partial charge in [-0.05, 0) is 78.1 Å². The van der Waals surface area contributed by atoms with E-state index in [1.165, 1.54) is 0 Å². The quantitative estimate of drug-likeness (QED) is 0.158. The van der Waals surface area contributed by atoms with Gasteiger partial charge in [-0.2, -0.15) is 0 Å². The van der Waals surface area contributed by atoms with Gasteiger partial charge in [0.15, 0.2) is 0 Å². The predicted molar refractivity (Wildman–Crippen MR) is 171 cm³/mol. The number of ether oxygens (including phenoxy) is 2. The maximum absolute atomic E-state index is 13.4. The van der Waals surface area contributed by atoms with E-state index >= 15 is 0 Å². The van der Waals surface area contributed by atoms with Crippen molar-refractivity contribution in [3.63, 3.8) is 0 Å². The molecule has 0 aliphatic rings. The SMILES string of the molecule is CC(C)C[C@H](NC(=O)[C@@H](NC(=O)OC(C)(C)C)C(C)C)[C@@H](O)[C@@H](O)[C@@H](CC(C)C)NC(=O)[C@@H](NC(=O)OC(C)(C)C)C(C)C. The zero-order valence-electron chi connectivity index (χ0n) is 29.5. The molecule has 0 heterocycles. The van der Waals surface area contributed by atoms with Gasteiger partial charge < -0.3 is 41.0 Å². The molecule has 44 heavy (non-hydrogen) atoms. The first kappa shape index (κ1) is 41.4. The van der Waals surface area contributed by atoms with Crippen molar-refractivity contribution < 1.29 is 38.9 Å². The molecule has 6 atom stereocenters. The van der Waals surface area contributed by atoms with Crippen molar-refractivity contribution in [3.05, 3.63) is 0 Å². The molecule has 0 aliphatic carbocycles. The fraction of sp³-hybridized carbons (Fsp3) is 0.875. The molecule has 0 aliphatic heterocycles. The van der Waals surface area contributed by atoms with E-state index in [-0.39, 0.29) is 23.7 Å². The van der Waals surface area contributed by atoms with Gasteiger partial charge in [-0.1, -0.05) is 55.4 Å². The number of nitrogens with one attached hydrogen (secondary N) is 4. The zero-order chi connectivity index (χ0) is 34.7. The molecule has 258 valence electrons. The Balaban J connectivity index is 6.02. The minimum Gasteiger partial charge on any atom is -0.444 e. The molecule has 0 saturated heterocycles. The van der Waals surface area contributed by atoms with Gasteiger partial charge in [-0.3, -0.25) is 9.59 Å². The summed E-state index contributed by atoms with van der Waals surface area (Å²) < 4.78 is 10.6. The number of hydrogen-bond donors (Lipinski definition) is 6. The van der Waals surface area contributed by atoms with E-state index in [4.69, 9.17) is 9.47 Å². The monoisotopic (exact) mass is 630 g/mol. The number of aliphatic hydroxyl groups is 2. The van der Waals surface area contributed by atoms with Crippen LogP contribution >= 0.6 is 0 Å². The summed E-state index contributed by atoms with van der Waals surface area (Å²) in [5.41, 5.74) is -1.51. The number of hydrogen-bond acceptors (Lipinski definition) is 8. The normalized spacial score (nSPS) is 16.5. The van der Waals surface area contributed by atoms with E-state index in [0.29, 0.717) is 12.8 Å². The number of amides is 4. The Morgan fingerprint density at radius 1 is 0.545 bits per heavy atom. The molecule has 12 nitrogen and oxygen atoms in total. The summed E-state index contributed by atoms with van der Waals surface area (Å²) in [7, 11) is 0.